The molecule has 0 aliphatic rings. The summed E-state index contributed by atoms with van der Waals surface area (Å²) in [5.74, 6) is 0.576. The average molecular weight is 282 g/mol. The van der Waals surface area contributed by atoms with Gasteiger partial charge < -0.3 is 0 Å². The van der Waals surface area contributed by atoms with Gasteiger partial charge >= 0.3 is 0 Å². The summed E-state index contributed by atoms with van der Waals surface area (Å²) in [6.45, 7) is 8.09. The first kappa shape index (κ1) is 18.7. The Kier molecular flexibility index (Phi) is 8.62. The molecule has 0 aromatic carbocycles. The molecule has 0 aromatic heterocycles. The summed E-state index contributed by atoms with van der Waals surface area (Å²) in [7, 11) is 0. The Hall–Kier alpha value is -0.320. The monoisotopic (exact) mass is 282 g/mol. The molecule has 19 heavy (non-hydrogen) atoms. The average Bonchev–Trinajstić information content (AvgIpc) is 2.22. The number of hydrogen-bond donors (Lipinski definition) is 4. The minimum atomic E-state index is -0.723. The van der Waals surface area contributed by atoms with Crippen LogP contribution in [0.15, 0.2) is 0 Å². The van der Waals surface area contributed by atoms with Crippen LogP contribution in [0.1, 0.15) is 47.0 Å². The van der Waals surface area contributed by atoms with Crippen LogP contribution in [0.25, 0.3) is 0 Å². The highest BCUT2D eigenvalue weighted by atomic mass is 17.1. The maximum absolute atomic E-state index is 8.68. The normalized spacial score (nSPS) is 14.7. The number of rotatable bonds is 10. The second-order valence-electron chi connectivity index (χ2n) is 5.83. The fourth-order valence-electron chi connectivity index (χ4n) is 1.81. The van der Waals surface area contributed by atoms with Gasteiger partial charge in [0, 0.05) is 0 Å². The van der Waals surface area contributed by atoms with Crippen molar-refractivity contribution >= 4 is 0 Å². The molecule has 0 aliphatic heterocycles. The minimum Gasteiger partial charge on any atom is -0.266 e. The fourth-order valence-corrected chi connectivity index (χ4v) is 1.81. The van der Waals surface area contributed by atoms with Crippen LogP contribution in [-0.2, 0) is 9.68 Å². The van der Waals surface area contributed by atoms with E-state index < -0.39 is 16.9 Å². The molecule has 8 nitrogen and oxygen atoms in total. The first-order valence-electron chi connectivity index (χ1n) is 6.28. The first-order chi connectivity index (χ1) is 8.62. The third kappa shape index (κ3) is 11.2. The molecular formula is C11H26N2O6. The van der Waals surface area contributed by atoms with Gasteiger partial charge in [-0.25, -0.2) is 9.68 Å². The largest absolute Gasteiger partial charge is 0.266 e. The molecule has 4 N–H and O–H groups in total. The van der Waals surface area contributed by atoms with Crippen molar-refractivity contribution in [1.29, 1.82) is 0 Å². The van der Waals surface area contributed by atoms with Gasteiger partial charge in [0.25, 0.3) is 0 Å². The zero-order valence-electron chi connectivity index (χ0n) is 12.0. The predicted octanol–water partition coefficient (Wildman–Crippen LogP) is 2.23. The lowest BCUT2D eigenvalue weighted by Gasteiger charge is -2.30. The summed E-state index contributed by atoms with van der Waals surface area (Å²) in [5, 5.41) is 33.5. The van der Waals surface area contributed by atoms with Crippen molar-refractivity contribution in [3.63, 3.8) is 0 Å². The second kappa shape index (κ2) is 8.77. The standard InChI is InChI=1S/C11H26N2O6/c1-9(2)5-6-11(3,4)7-10(19-13(16)17)8-18-12(14)15/h9-10,14-17H,5-8H2,1-4H3/t10-/m0/s1. The first-order valence-corrected chi connectivity index (χ1v) is 6.28. The van der Waals surface area contributed by atoms with Crippen molar-refractivity contribution in [3.05, 3.63) is 0 Å². The van der Waals surface area contributed by atoms with Crippen LogP contribution in [0, 0.1) is 11.3 Å². The molecule has 0 fully saturated rings. The van der Waals surface area contributed by atoms with Gasteiger partial charge in [-0.2, -0.15) is 0 Å². The second-order valence-corrected chi connectivity index (χ2v) is 5.83. The van der Waals surface area contributed by atoms with E-state index in [4.69, 9.17) is 25.7 Å². The third-order valence-electron chi connectivity index (χ3n) is 2.80. The molecule has 0 unspecified atom stereocenters. The molecule has 0 rings (SSSR count). The maximum atomic E-state index is 8.68. The van der Waals surface area contributed by atoms with Gasteiger partial charge in [0.2, 0.25) is 0 Å². The molecule has 0 amide bonds. The third-order valence-corrected chi connectivity index (χ3v) is 2.80. The van der Waals surface area contributed by atoms with Gasteiger partial charge in [-0.05, 0) is 24.2 Å². The van der Waals surface area contributed by atoms with Crippen molar-refractivity contribution in [2.45, 2.75) is 53.1 Å². The highest BCUT2D eigenvalue weighted by Gasteiger charge is 2.26. The van der Waals surface area contributed by atoms with Gasteiger partial charge in [0.1, 0.15) is 12.7 Å². The molecule has 116 valence electrons. The Morgan fingerprint density at radius 3 is 2.05 bits per heavy atom. The van der Waals surface area contributed by atoms with E-state index in [2.05, 4.69) is 18.7 Å². The molecule has 0 heterocycles. The Morgan fingerprint density at radius 2 is 1.63 bits per heavy atom. The Balaban J connectivity index is 4.34. The van der Waals surface area contributed by atoms with E-state index in [9.17, 15) is 0 Å². The van der Waals surface area contributed by atoms with Crippen molar-refractivity contribution in [1.82, 2.24) is 10.8 Å². The minimum absolute atomic E-state index is 0.107. The smallest absolute Gasteiger partial charge is 0.110 e. The van der Waals surface area contributed by atoms with E-state index in [0.29, 0.717) is 12.3 Å². The predicted molar refractivity (Wildman–Crippen MR) is 64.1 cm³/mol. The lowest BCUT2D eigenvalue weighted by molar-refractivity contribution is -0.528. The molecule has 0 bridgehead atoms. The van der Waals surface area contributed by atoms with E-state index >= 15 is 0 Å². The number of hydrogen-bond acceptors (Lipinski definition) is 8. The summed E-state index contributed by atoms with van der Waals surface area (Å²) in [6, 6.07) is 0. The zero-order valence-corrected chi connectivity index (χ0v) is 12.0. The van der Waals surface area contributed by atoms with Crippen LogP contribution in [-0.4, -0.2) is 44.3 Å². The molecule has 0 spiro atoms. The highest BCUT2D eigenvalue weighted by Crippen LogP contribution is 2.31. The molecule has 8 heteroatoms. The van der Waals surface area contributed by atoms with Gasteiger partial charge in [-0.3, -0.25) is 20.8 Å². The topological polar surface area (TPSA) is 106 Å². The van der Waals surface area contributed by atoms with E-state index in [0.717, 1.165) is 12.8 Å². The van der Waals surface area contributed by atoms with Crippen molar-refractivity contribution < 1.29 is 30.5 Å². The van der Waals surface area contributed by atoms with Gasteiger partial charge in [-0.15, -0.1) is 0 Å². The van der Waals surface area contributed by atoms with Crippen LogP contribution in [0.3, 0.4) is 0 Å². The van der Waals surface area contributed by atoms with E-state index in [1.165, 1.54) is 0 Å². The van der Waals surface area contributed by atoms with Crippen LogP contribution in [0.5, 0.6) is 0 Å². The summed E-state index contributed by atoms with van der Waals surface area (Å²) < 4.78 is 0. The van der Waals surface area contributed by atoms with Crippen LogP contribution < -0.4 is 0 Å². The van der Waals surface area contributed by atoms with Gasteiger partial charge in [0.15, 0.2) is 0 Å². The summed E-state index contributed by atoms with van der Waals surface area (Å²) in [4.78, 5) is 9.16. The Morgan fingerprint density at radius 1 is 1.05 bits per heavy atom. The van der Waals surface area contributed by atoms with E-state index in [1.54, 1.807) is 0 Å². The SMILES string of the molecule is CC(C)CCC(C)(C)C[C@@H](CON(O)O)ON(O)O. The molecule has 0 saturated heterocycles. The lowest BCUT2D eigenvalue weighted by Crippen LogP contribution is -2.34. The quantitative estimate of drug-likeness (QED) is 0.452. The van der Waals surface area contributed by atoms with Gasteiger partial charge in [0.05, 0.1) is 10.8 Å². The molecule has 0 radical (unpaired) electrons. The van der Waals surface area contributed by atoms with Crippen LogP contribution >= 0.6 is 0 Å². The zero-order chi connectivity index (χ0) is 15.1. The maximum Gasteiger partial charge on any atom is 0.110 e. The number of nitrogens with zero attached hydrogens (tertiary/aromatic N) is 2. The summed E-state index contributed by atoms with van der Waals surface area (Å²) in [6.07, 6.45) is 1.71. The van der Waals surface area contributed by atoms with Crippen LogP contribution in [0.2, 0.25) is 0 Å². The van der Waals surface area contributed by atoms with Crippen molar-refractivity contribution in [2.75, 3.05) is 6.61 Å². The van der Waals surface area contributed by atoms with Crippen LogP contribution in [0.4, 0.5) is 0 Å². The Labute approximate surface area is 113 Å². The van der Waals surface area contributed by atoms with Gasteiger partial charge in [-0.1, -0.05) is 34.1 Å². The van der Waals surface area contributed by atoms with E-state index in [-0.39, 0.29) is 12.0 Å². The molecular weight excluding hydrogens is 256 g/mol. The molecule has 1 atom stereocenters. The van der Waals surface area contributed by atoms with Crippen molar-refractivity contribution in [2.24, 2.45) is 11.3 Å². The van der Waals surface area contributed by atoms with E-state index in [1.807, 2.05) is 13.8 Å². The molecule has 0 aromatic rings. The highest BCUT2D eigenvalue weighted by molar-refractivity contribution is 4.74. The summed E-state index contributed by atoms with van der Waals surface area (Å²) in [5.41, 5.74) is -0.107. The lowest BCUT2D eigenvalue weighted by atomic mass is 9.80. The fraction of sp³-hybridized carbons (Fsp3) is 1.00. The Bertz CT molecular complexity index is 235. The summed E-state index contributed by atoms with van der Waals surface area (Å²) >= 11 is 0. The molecule has 0 aliphatic carbocycles. The molecule has 0 saturated carbocycles. The van der Waals surface area contributed by atoms with Crippen molar-refractivity contribution in [3.8, 4) is 0 Å².